The number of carboxylic acids is 1. The molecule has 0 spiro atoms. The van der Waals surface area contributed by atoms with Gasteiger partial charge in [-0.25, -0.2) is 4.79 Å². The fraction of sp³-hybridized carbons (Fsp3) is 0.0769. The summed E-state index contributed by atoms with van der Waals surface area (Å²) in [5.41, 5.74) is 2.85. The van der Waals surface area contributed by atoms with Crippen LogP contribution in [0.3, 0.4) is 0 Å². The van der Waals surface area contributed by atoms with Gasteiger partial charge in [-0.3, -0.25) is 4.99 Å². The second-order valence-electron chi connectivity index (χ2n) is 3.93. The van der Waals surface area contributed by atoms with Crippen LogP contribution >= 0.6 is 0 Å². The predicted octanol–water partition coefficient (Wildman–Crippen LogP) is 2.58. The van der Waals surface area contributed by atoms with Crippen molar-refractivity contribution in [1.29, 1.82) is 0 Å². The van der Waals surface area contributed by atoms with Crippen LogP contribution in [0.15, 0.2) is 27.9 Å². The summed E-state index contributed by atoms with van der Waals surface area (Å²) in [6.07, 6.45) is 6.69. The van der Waals surface area contributed by atoms with Crippen LogP contribution in [0.4, 0.5) is 5.69 Å². The van der Waals surface area contributed by atoms with E-state index in [0.717, 1.165) is 16.5 Å². The van der Waals surface area contributed by atoms with Crippen LogP contribution in [0.2, 0.25) is 0 Å². The molecule has 0 bridgehead atoms. The van der Waals surface area contributed by atoms with Gasteiger partial charge in [0.15, 0.2) is 5.58 Å². The highest BCUT2D eigenvalue weighted by molar-refractivity contribution is 6.12. The van der Waals surface area contributed by atoms with E-state index in [2.05, 4.69) is 10.3 Å². The Balaban J connectivity index is 2.48. The quantitative estimate of drug-likeness (QED) is 0.848. The molecule has 0 aliphatic carbocycles. The van der Waals surface area contributed by atoms with Crippen LogP contribution in [-0.4, -0.2) is 24.3 Å². The fourth-order valence-electron chi connectivity index (χ4n) is 2.17. The maximum Gasteiger partial charge on any atom is 0.337 e. The Morgan fingerprint density at radius 3 is 3.00 bits per heavy atom. The van der Waals surface area contributed by atoms with Gasteiger partial charge < -0.3 is 14.8 Å². The summed E-state index contributed by atoms with van der Waals surface area (Å²) < 4.78 is 5.48. The molecule has 1 aliphatic rings. The number of anilines is 1. The first-order valence-electron chi connectivity index (χ1n) is 5.41. The van der Waals surface area contributed by atoms with Crippen LogP contribution in [0.1, 0.15) is 21.5 Å². The van der Waals surface area contributed by atoms with Crippen molar-refractivity contribution in [3.8, 4) is 0 Å². The zero-order chi connectivity index (χ0) is 12.7. The van der Waals surface area contributed by atoms with Crippen molar-refractivity contribution in [2.75, 3.05) is 12.4 Å². The summed E-state index contributed by atoms with van der Waals surface area (Å²) in [6.45, 7) is 0. The number of nitrogens with one attached hydrogen (secondary N) is 1. The summed E-state index contributed by atoms with van der Waals surface area (Å²) in [5, 5.41) is 13.0. The maximum absolute atomic E-state index is 11.3. The van der Waals surface area contributed by atoms with Gasteiger partial charge in [0.25, 0.3) is 0 Å². The Hall–Kier alpha value is -2.56. The van der Waals surface area contributed by atoms with Gasteiger partial charge in [-0.05, 0) is 17.7 Å². The molecule has 5 nitrogen and oxygen atoms in total. The number of nitrogens with zero attached hydrogens (tertiary/aromatic N) is 1. The Labute approximate surface area is 102 Å². The van der Waals surface area contributed by atoms with E-state index in [1.54, 1.807) is 37.9 Å². The van der Waals surface area contributed by atoms with Crippen LogP contribution in [0.5, 0.6) is 0 Å². The van der Waals surface area contributed by atoms with Gasteiger partial charge in [0.1, 0.15) is 6.26 Å². The number of furan rings is 1. The predicted molar refractivity (Wildman–Crippen MR) is 69.3 cm³/mol. The minimum Gasteiger partial charge on any atom is -0.478 e. The number of carboxylic acid groups (broad SMARTS) is 1. The summed E-state index contributed by atoms with van der Waals surface area (Å²) in [6, 6.07) is 1.63. The molecule has 0 radical (unpaired) electrons. The number of rotatable bonds is 2. The van der Waals surface area contributed by atoms with Crippen molar-refractivity contribution in [2.45, 2.75) is 0 Å². The maximum atomic E-state index is 11.3. The Morgan fingerprint density at radius 1 is 1.44 bits per heavy atom. The first-order valence-corrected chi connectivity index (χ1v) is 5.41. The second kappa shape index (κ2) is 3.73. The highest BCUT2D eigenvalue weighted by Crippen LogP contribution is 2.35. The third-order valence-electron chi connectivity index (χ3n) is 2.94. The van der Waals surface area contributed by atoms with Crippen molar-refractivity contribution < 1.29 is 14.3 Å². The van der Waals surface area contributed by atoms with Crippen molar-refractivity contribution in [2.24, 2.45) is 4.99 Å². The number of hydrogen-bond acceptors (Lipinski definition) is 4. The van der Waals surface area contributed by atoms with Crippen molar-refractivity contribution in [1.82, 2.24) is 0 Å². The molecule has 2 heterocycles. The molecule has 0 atom stereocenters. The normalized spacial score (nSPS) is 12.7. The van der Waals surface area contributed by atoms with Crippen molar-refractivity contribution in [3.05, 3.63) is 35.2 Å². The largest absolute Gasteiger partial charge is 0.478 e. The summed E-state index contributed by atoms with van der Waals surface area (Å²) in [4.78, 5) is 15.3. The second-order valence-corrected chi connectivity index (χ2v) is 3.93. The zero-order valence-electron chi connectivity index (χ0n) is 9.60. The van der Waals surface area contributed by atoms with Crippen LogP contribution < -0.4 is 5.32 Å². The molecule has 0 saturated carbocycles. The lowest BCUT2D eigenvalue weighted by Crippen LogP contribution is -2.04. The molecule has 3 rings (SSSR count). The lowest BCUT2D eigenvalue weighted by molar-refractivity contribution is 0.0698. The van der Waals surface area contributed by atoms with E-state index < -0.39 is 5.97 Å². The van der Waals surface area contributed by atoms with Gasteiger partial charge in [-0.2, -0.15) is 0 Å². The van der Waals surface area contributed by atoms with Crippen LogP contribution in [0.25, 0.3) is 17.0 Å². The molecular formula is C13H10N2O3. The fourth-order valence-corrected chi connectivity index (χ4v) is 2.17. The van der Waals surface area contributed by atoms with E-state index in [9.17, 15) is 9.90 Å². The first kappa shape index (κ1) is 10.6. The van der Waals surface area contributed by atoms with Gasteiger partial charge in [0, 0.05) is 30.4 Å². The average Bonchev–Trinajstić information content (AvgIpc) is 2.66. The monoisotopic (exact) mass is 242 g/mol. The molecule has 0 unspecified atom stereocenters. The van der Waals surface area contributed by atoms with E-state index >= 15 is 0 Å². The number of aliphatic imine (C=N–C) groups is 1. The van der Waals surface area contributed by atoms with Crippen LogP contribution in [0, 0.1) is 0 Å². The van der Waals surface area contributed by atoms with Gasteiger partial charge in [0.2, 0.25) is 0 Å². The SMILES string of the molecule is CNc1c(C(=O)O)cc2c3c(coc13)C=NC=C2. The standard InChI is InChI=1S/C13H10N2O3/c1-14-11-9(13(16)17)4-7-2-3-15-5-8-6-18-12(11)10(7)8/h2-6,14H,1H3,(H,16,17). The smallest absolute Gasteiger partial charge is 0.337 e. The number of aromatic carboxylic acids is 1. The van der Waals surface area contributed by atoms with Crippen molar-refractivity contribution >= 4 is 34.9 Å². The topological polar surface area (TPSA) is 74.8 Å². The van der Waals surface area contributed by atoms with E-state index in [0.29, 0.717) is 11.3 Å². The van der Waals surface area contributed by atoms with Gasteiger partial charge >= 0.3 is 5.97 Å². The Morgan fingerprint density at radius 2 is 2.28 bits per heavy atom. The Bertz CT molecular complexity index is 711. The number of carbonyl (C=O) groups is 1. The summed E-state index contributed by atoms with van der Waals surface area (Å²) >= 11 is 0. The van der Waals surface area contributed by atoms with E-state index in [1.807, 2.05) is 0 Å². The van der Waals surface area contributed by atoms with Gasteiger partial charge in [0.05, 0.1) is 11.3 Å². The minimum atomic E-state index is -0.992. The molecule has 0 saturated heterocycles. The van der Waals surface area contributed by atoms with Gasteiger partial charge in [-0.15, -0.1) is 0 Å². The lowest BCUT2D eigenvalue weighted by Gasteiger charge is -2.08. The number of benzene rings is 1. The van der Waals surface area contributed by atoms with E-state index in [4.69, 9.17) is 4.42 Å². The zero-order valence-corrected chi connectivity index (χ0v) is 9.60. The highest BCUT2D eigenvalue weighted by atomic mass is 16.4. The third kappa shape index (κ3) is 1.34. The molecule has 90 valence electrons. The third-order valence-corrected chi connectivity index (χ3v) is 2.94. The van der Waals surface area contributed by atoms with E-state index in [-0.39, 0.29) is 5.56 Å². The van der Waals surface area contributed by atoms with Gasteiger partial charge in [-0.1, -0.05) is 0 Å². The lowest BCUT2D eigenvalue weighted by atomic mass is 10.0. The molecule has 1 aliphatic heterocycles. The summed E-state index contributed by atoms with van der Waals surface area (Å²) in [5.74, 6) is -0.992. The molecule has 18 heavy (non-hydrogen) atoms. The molecule has 1 aromatic heterocycles. The minimum absolute atomic E-state index is 0.187. The average molecular weight is 242 g/mol. The molecule has 1 aromatic carbocycles. The molecule has 0 fully saturated rings. The first-order chi connectivity index (χ1) is 8.72. The molecule has 5 heteroatoms. The van der Waals surface area contributed by atoms with E-state index in [1.165, 1.54) is 0 Å². The van der Waals surface area contributed by atoms with Crippen LogP contribution in [-0.2, 0) is 0 Å². The highest BCUT2D eigenvalue weighted by Gasteiger charge is 2.20. The molecule has 2 aromatic rings. The summed E-state index contributed by atoms with van der Waals surface area (Å²) in [7, 11) is 1.67. The molecular weight excluding hydrogens is 232 g/mol. The van der Waals surface area contributed by atoms with Crippen molar-refractivity contribution in [3.63, 3.8) is 0 Å². The number of hydrogen-bond donors (Lipinski definition) is 2. The Kier molecular flexibility index (Phi) is 2.19. The molecule has 0 amide bonds. The molecule has 2 N–H and O–H groups in total.